The highest BCUT2D eigenvalue weighted by Gasteiger charge is 2.34. The van der Waals surface area contributed by atoms with Crippen LogP contribution in [0.2, 0.25) is 0 Å². The number of nitrogens with zero attached hydrogens (tertiary/aromatic N) is 1. The van der Waals surface area contributed by atoms with Crippen molar-refractivity contribution in [3.8, 4) is 11.3 Å². The molecule has 0 atom stereocenters. The van der Waals surface area contributed by atoms with E-state index in [0.717, 1.165) is 0 Å². The highest BCUT2D eigenvalue weighted by atomic mass is 32.2. The Hall–Kier alpha value is -1.84. The summed E-state index contributed by atoms with van der Waals surface area (Å²) < 4.78 is 3.75. The fraction of sp³-hybridized carbons (Fsp3) is 0.414. The second kappa shape index (κ2) is 7.60. The van der Waals surface area contributed by atoms with E-state index in [2.05, 4.69) is 74.3 Å². The van der Waals surface area contributed by atoms with E-state index in [9.17, 15) is 0 Å². The molecule has 1 nitrogen and oxygen atoms in total. The van der Waals surface area contributed by atoms with E-state index in [-0.39, 0.29) is 0 Å². The standard InChI is InChI=1S/C29H32NS2/c1-5-29(6-2)11-7-19(8-12-29)21-15-20-9-13-30(4)28-26-18(3)22-10-14-31-23(22)17-25(26)32-24(16-21)27(20)28/h9-10,13-17,19H,5-8,11-12H2,1-4H3/q+1. The zero-order chi connectivity index (χ0) is 22.0. The van der Waals surface area contributed by atoms with Crippen LogP contribution in [-0.4, -0.2) is 0 Å². The molecule has 164 valence electrons. The van der Waals surface area contributed by atoms with Gasteiger partial charge in [-0.15, -0.1) is 11.3 Å². The van der Waals surface area contributed by atoms with Crippen LogP contribution in [-0.2, 0) is 7.05 Å². The maximum absolute atomic E-state index is 2.54. The SMILES string of the molecule is CCC1(CC)CCC(c2cc3c4c([n+](C)ccc4c2)-c2c(cc4sccc4c2C)S3)CC1. The number of rotatable bonds is 3. The number of fused-ring (bicyclic) bond motifs is 3. The quantitative estimate of drug-likeness (QED) is 0.244. The Kier molecular flexibility index (Phi) is 4.93. The third-order valence-electron chi connectivity index (χ3n) is 8.68. The third-order valence-corrected chi connectivity index (χ3v) is 10.6. The molecule has 0 spiro atoms. The summed E-state index contributed by atoms with van der Waals surface area (Å²) in [6.45, 7) is 7.10. The van der Waals surface area contributed by atoms with Crippen LogP contribution < -0.4 is 4.57 Å². The maximum Gasteiger partial charge on any atom is 0.222 e. The maximum atomic E-state index is 2.54. The van der Waals surface area contributed by atoms with Gasteiger partial charge in [0.2, 0.25) is 5.69 Å². The van der Waals surface area contributed by atoms with Crippen molar-refractivity contribution in [3.63, 3.8) is 0 Å². The number of aryl methyl sites for hydroxylation is 2. The minimum Gasteiger partial charge on any atom is -0.200 e. The fourth-order valence-electron chi connectivity index (χ4n) is 6.37. The summed E-state index contributed by atoms with van der Waals surface area (Å²) in [5.74, 6) is 0.711. The van der Waals surface area contributed by atoms with Gasteiger partial charge in [0.05, 0.1) is 10.9 Å². The van der Waals surface area contributed by atoms with Crippen molar-refractivity contribution in [2.45, 2.75) is 75.0 Å². The van der Waals surface area contributed by atoms with Crippen LogP contribution in [0.1, 0.15) is 69.4 Å². The van der Waals surface area contributed by atoms with Crippen molar-refractivity contribution in [1.29, 1.82) is 0 Å². The largest absolute Gasteiger partial charge is 0.222 e. The van der Waals surface area contributed by atoms with Crippen LogP contribution in [0.15, 0.2) is 51.7 Å². The first-order chi connectivity index (χ1) is 15.5. The Morgan fingerprint density at radius 3 is 2.56 bits per heavy atom. The third kappa shape index (κ3) is 3.00. The molecule has 0 unspecified atom stereocenters. The van der Waals surface area contributed by atoms with E-state index in [4.69, 9.17) is 0 Å². The lowest BCUT2D eigenvalue weighted by Crippen LogP contribution is -2.31. The van der Waals surface area contributed by atoms with Crippen molar-refractivity contribution >= 4 is 44.0 Å². The summed E-state index contributed by atoms with van der Waals surface area (Å²) in [7, 11) is 2.21. The number of hydrogen-bond donors (Lipinski definition) is 0. The van der Waals surface area contributed by atoms with Gasteiger partial charge in [0.25, 0.3) is 0 Å². The molecular formula is C29H32NS2+. The molecule has 0 bridgehead atoms. The summed E-state index contributed by atoms with van der Waals surface area (Å²) >= 11 is 3.86. The summed E-state index contributed by atoms with van der Waals surface area (Å²) in [4.78, 5) is 2.87. The molecule has 2 aromatic carbocycles. The lowest BCUT2D eigenvalue weighted by molar-refractivity contribution is -0.659. The Morgan fingerprint density at radius 1 is 1.03 bits per heavy atom. The van der Waals surface area contributed by atoms with Gasteiger partial charge in [0.1, 0.15) is 7.05 Å². The van der Waals surface area contributed by atoms with Crippen LogP contribution in [0.3, 0.4) is 0 Å². The zero-order valence-electron chi connectivity index (χ0n) is 19.6. The average Bonchev–Trinajstić information content (AvgIpc) is 3.29. The molecule has 0 N–H and O–H groups in total. The van der Waals surface area contributed by atoms with Gasteiger partial charge in [-0.25, -0.2) is 4.57 Å². The Labute approximate surface area is 199 Å². The van der Waals surface area contributed by atoms with Crippen LogP contribution in [0, 0.1) is 12.3 Å². The van der Waals surface area contributed by atoms with Gasteiger partial charge >= 0.3 is 0 Å². The van der Waals surface area contributed by atoms with Crippen LogP contribution in [0.4, 0.5) is 0 Å². The minimum atomic E-state index is 0.597. The fourth-order valence-corrected chi connectivity index (χ4v) is 8.61. The molecule has 0 amide bonds. The van der Waals surface area contributed by atoms with Crippen molar-refractivity contribution in [2.24, 2.45) is 12.5 Å². The Bertz CT molecular complexity index is 1350. The molecule has 32 heavy (non-hydrogen) atoms. The number of benzene rings is 2. The van der Waals surface area contributed by atoms with Crippen LogP contribution in [0.25, 0.3) is 32.1 Å². The first-order valence-electron chi connectivity index (χ1n) is 12.2. The Balaban J connectivity index is 1.50. The zero-order valence-corrected chi connectivity index (χ0v) is 21.3. The van der Waals surface area contributed by atoms with Gasteiger partial charge in [-0.2, -0.15) is 0 Å². The van der Waals surface area contributed by atoms with Crippen LogP contribution in [0.5, 0.6) is 0 Å². The summed E-state index contributed by atoms with van der Waals surface area (Å²) in [6, 6.07) is 12.1. The first-order valence-corrected chi connectivity index (χ1v) is 13.9. The van der Waals surface area contributed by atoms with Gasteiger partial charge < -0.3 is 0 Å². The second-order valence-corrected chi connectivity index (χ2v) is 12.1. The molecule has 0 radical (unpaired) electrons. The molecule has 3 heterocycles. The Morgan fingerprint density at radius 2 is 1.81 bits per heavy atom. The molecule has 1 aliphatic heterocycles. The van der Waals surface area contributed by atoms with Crippen molar-refractivity contribution in [1.82, 2.24) is 0 Å². The highest BCUT2D eigenvalue weighted by Crippen LogP contribution is 2.52. The molecule has 1 fully saturated rings. The molecule has 4 aromatic rings. The lowest BCUT2D eigenvalue weighted by atomic mass is 9.66. The van der Waals surface area contributed by atoms with E-state index in [1.54, 1.807) is 5.56 Å². The minimum absolute atomic E-state index is 0.597. The number of hydrogen-bond acceptors (Lipinski definition) is 2. The van der Waals surface area contributed by atoms with Crippen molar-refractivity contribution < 1.29 is 4.57 Å². The first kappa shape index (κ1) is 20.7. The topological polar surface area (TPSA) is 3.88 Å². The predicted octanol–water partition coefficient (Wildman–Crippen LogP) is 8.78. The molecule has 0 saturated heterocycles. The normalized spacial score (nSPS) is 17.8. The van der Waals surface area contributed by atoms with Crippen LogP contribution >= 0.6 is 23.1 Å². The van der Waals surface area contributed by atoms with E-state index >= 15 is 0 Å². The van der Waals surface area contributed by atoms with Gasteiger partial charge in [-0.05, 0) is 89.4 Å². The summed E-state index contributed by atoms with van der Waals surface area (Å²) in [6.07, 6.45) is 10.4. The smallest absolute Gasteiger partial charge is 0.200 e. The van der Waals surface area contributed by atoms with Crippen molar-refractivity contribution in [2.75, 3.05) is 0 Å². The van der Waals surface area contributed by atoms with E-state index < -0.39 is 0 Å². The van der Waals surface area contributed by atoms with Gasteiger partial charge in [-0.3, -0.25) is 0 Å². The number of aromatic nitrogens is 1. The van der Waals surface area contributed by atoms with Gasteiger partial charge in [0.15, 0.2) is 6.20 Å². The van der Waals surface area contributed by atoms with E-state index in [0.29, 0.717) is 11.3 Å². The molecule has 3 heteroatoms. The predicted molar refractivity (Wildman–Crippen MR) is 139 cm³/mol. The average molecular weight is 459 g/mol. The number of thiophene rings is 1. The number of pyridine rings is 1. The molecule has 1 aliphatic carbocycles. The highest BCUT2D eigenvalue weighted by molar-refractivity contribution is 7.99. The molecular weight excluding hydrogens is 426 g/mol. The molecule has 6 rings (SSSR count). The summed E-state index contributed by atoms with van der Waals surface area (Å²) in [5.41, 5.74) is 6.41. The molecule has 1 saturated carbocycles. The van der Waals surface area contributed by atoms with E-state index in [1.807, 2.05) is 23.1 Å². The molecule has 2 aromatic heterocycles. The lowest BCUT2D eigenvalue weighted by Gasteiger charge is -2.39. The molecule has 2 aliphatic rings. The van der Waals surface area contributed by atoms with Gasteiger partial charge in [-0.1, -0.05) is 44.5 Å². The second-order valence-electron chi connectivity index (χ2n) is 10.0. The van der Waals surface area contributed by atoms with E-state index in [1.165, 1.54) is 86.0 Å². The van der Waals surface area contributed by atoms with Crippen molar-refractivity contribution in [3.05, 3.63) is 53.0 Å². The monoisotopic (exact) mass is 458 g/mol. The summed E-state index contributed by atoms with van der Waals surface area (Å²) in [5, 5.41) is 6.50. The van der Waals surface area contributed by atoms with Gasteiger partial charge in [0, 0.05) is 20.6 Å².